The van der Waals surface area contributed by atoms with Crippen molar-refractivity contribution in [3.8, 4) is 0 Å². The zero-order valence-corrected chi connectivity index (χ0v) is 9.52. The molecule has 0 atom stereocenters. The molecule has 8 heteroatoms. The minimum atomic E-state index is -1.27. The van der Waals surface area contributed by atoms with E-state index in [-0.39, 0.29) is 5.56 Å². The van der Waals surface area contributed by atoms with Crippen molar-refractivity contribution in [2.75, 3.05) is 0 Å². The highest BCUT2D eigenvalue weighted by Crippen LogP contribution is 2.35. The Kier molecular flexibility index (Phi) is 2.57. The molecule has 0 radical (unpaired) electrons. The molecule has 8 nitrogen and oxygen atoms in total. The van der Waals surface area contributed by atoms with Gasteiger partial charge >= 0.3 is 11.7 Å². The molecule has 1 amide bonds. The maximum atomic E-state index is 11.8. The van der Waals surface area contributed by atoms with Crippen LogP contribution in [0.2, 0.25) is 0 Å². The summed E-state index contributed by atoms with van der Waals surface area (Å²) in [5.74, 6) is -1.93. The van der Waals surface area contributed by atoms with Gasteiger partial charge in [-0.2, -0.15) is 0 Å². The van der Waals surface area contributed by atoms with Crippen molar-refractivity contribution in [2.45, 2.75) is 18.4 Å². The van der Waals surface area contributed by atoms with Crippen molar-refractivity contribution >= 4 is 11.9 Å². The molecule has 0 spiro atoms. The number of nitrogens with zero attached hydrogens (tertiary/aromatic N) is 1. The van der Waals surface area contributed by atoms with E-state index in [0.717, 1.165) is 10.8 Å². The lowest BCUT2D eigenvalue weighted by Crippen LogP contribution is -2.46. The highest BCUT2D eigenvalue weighted by atomic mass is 16.4. The number of aliphatic carboxylic acids is 1. The van der Waals surface area contributed by atoms with Gasteiger partial charge in [0.15, 0.2) is 0 Å². The molecular weight excluding hydrogens is 242 g/mol. The largest absolute Gasteiger partial charge is 0.480 e. The van der Waals surface area contributed by atoms with Gasteiger partial charge in [0.25, 0.3) is 11.5 Å². The van der Waals surface area contributed by atoms with Gasteiger partial charge in [0, 0.05) is 13.2 Å². The summed E-state index contributed by atoms with van der Waals surface area (Å²) in [6.45, 7) is 0. The number of nitrogens with one attached hydrogen (secondary N) is 2. The molecule has 1 fully saturated rings. The lowest BCUT2D eigenvalue weighted by molar-refractivity contribution is -0.140. The Balaban J connectivity index is 2.31. The summed E-state index contributed by atoms with van der Waals surface area (Å²) in [7, 11) is 1.22. The quantitative estimate of drug-likeness (QED) is 0.600. The van der Waals surface area contributed by atoms with Crippen molar-refractivity contribution in [1.29, 1.82) is 0 Å². The monoisotopic (exact) mass is 253 g/mol. The molecule has 96 valence electrons. The fourth-order valence-corrected chi connectivity index (χ4v) is 1.53. The third-order valence-electron chi connectivity index (χ3n) is 2.94. The molecule has 18 heavy (non-hydrogen) atoms. The highest BCUT2D eigenvalue weighted by Gasteiger charge is 2.51. The Labute approximate surface area is 100 Å². The summed E-state index contributed by atoms with van der Waals surface area (Å²) >= 11 is 0. The third-order valence-corrected chi connectivity index (χ3v) is 2.94. The first-order chi connectivity index (χ1) is 8.37. The number of carbonyl (C=O) groups is 2. The molecule has 1 aliphatic rings. The molecule has 0 bridgehead atoms. The number of hydrogen-bond donors (Lipinski definition) is 3. The molecule has 0 aliphatic heterocycles. The van der Waals surface area contributed by atoms with E-state index in [1.807, 2.05) is 0 Å². The lowest BCUT2D eigenvalue weighted by atomic mass is 10.2. The van der Waals surface area contributed by atoms with Gasteiger partial charge in [-0.3, -0.25) is 14.2 Å². The number of H-pyrrole nitrogens is 1. The van der Waals surface area contributed by atoms with Crippen LogP contribution in [0.5, 0.6) is 0 Å². The van der Waals surface area contributed by atoms with Crippen LogP contribution >= 0.6 is 0 Å². The number of hydrogen-bond acceptors (Lipinski definition) is 4. The topological polar surface area (TPSA) is 121 Å². The van der Waals surface area contributed by atoms with Crippen LogP contribution in [0.1, 0.15) is 23.2 Å². The summed E-state index contributed by atoms with van der Waals surface area (Å²) in [4.78, 5) is 47.6. The molecule has 3 N–H and O–H groups in total. The number of rotatable bonds is 3. The molecule has 2 rings (SSSR count). The fraction of sp³-hybridized carbons (Fsp3) is 0.400. The second-order valence-electron chi connectivity index (χ2n) is 4.21. The standard InChI is InChI=1S/C10H11N3O5/c1-13-7(15)5(4-11-9(13)18)6(14)12-10(2-3-10)8(16)17/h4H,2-3H2,1H3,(H,11,18)(H,12,14)(H,16,17). The van der Waals surface area contributed by atoms with Gasteiger partial charge in [0.2, 0.25) is 0 Å². The van der Waals surface area contributed by atoms with E-state index in [1.165, 1.54) is 7.05 Å². The van der Waals surface area contributed by atoms with E-state index in [2.05, 4.69) is 10.3 Å². The van der Waals surface area contributed by atoms with Gasteiger partial charge < -0.3 is 15.4 Å². The number of carboxylic acid groups (broad SMARTS) is 1. The first-order valence-corrected chi connectivity index (χ1v) is 5.22. The summed E-state index contributed by atoms with van der Waals surface area (Å²) in [5, 5.41) is 11.2. The van der Waals surface area contributed by atoms with Crippen molar-refractivity contribution in [1.82, 2.24) is 14.9 Å². The molecule has 0 aromatic carbocycles. The number of carbonyl (C=O) groups excluding carboxylic acids is 1. The van der Waals surface area contributed by atoms with Gasteiger partial charge in [-0.05, 0) is 12.8 Å². The summed E-state index contributed by atoms with van der Waals surface area (Å²) in [5.41, 5.74) is -2.96. The molecule has 1 aromatic heterocycles. The van der Waals surface area contributed by atoms with E-state index in [1.54, 1.807) is 0 Å². The normalized spacial score (nSPS) is 16.1. The number of amides is 1. The van der Waals surface area contributed by atoms with E-state index in [4.69, 9.17) is 5.11 Å². The Morgan fingerprint density at radius 2 is 2.06 bits per heavy atom. The van der Waals surface area contributed by atoms with Gasteiger partial charge in [0.05, 0.1) is 0 Å². The van der Waals surface area contributed by atoms with Gasteiger partial charge in [-0.1, -0.05) is 0 Å². The molecule has 1 aromatic rings. The first-order valence-electron chi connectivity index (χ1n) is 5.22. The van der Waals surface area contributed by atoms with Crippen LogP contribution < -0.4 is 16.6 Å². The van der Waals surface area contributed by atoms with Crippen molar-refractivity contribution in [3.63, 3.8) is 0 Å². The van der Waals surface area contributed by atoms with Crippen molar-refractivity contribution in [2.24, 2.45) is 7.05 Å². The van der Waals surface area contributed by atoms with Crippen LogP contribution in [0.25, 0.3) is 0 Å². The summed E-state index contributed by atoms with van der Waals surface area (Å²) < 4.78 is 0.745. The number of aromatic amines is 1. The second kappa shape index (κ2) is 3.83. The minimum absolute atomic E-state index is 0.287. The van der Waals surface area contributed by atoms with Crippen LogP contribution in [-0.4, -0.2) is 32.1 Å². The SMILES string of the molecule is Cn1c(=O)[nH]cc(C(=O)NC2(C(=O)O)CC2)c1=O. The van der Waals surface area contributed by atoms with Crippen molar-refractivity contribution in [3.05, 3.63) is 32.6 Å². The Hall–Kier alpha value is -2.38. The molecule has 0 saturated heterocycles. The Morgan fingerprint density at radius 1 is 1.44 bits per heavy atom. The minimum Gasteiger partial charge on any atom is -0.480 e. The fourth-order valence-electron chi connectivity index (χ4n) is 1.53. The molecule has 1 aliphatic carbocycles. The Morgan fingerprint density at radius 3 is 2.56 bits per heavy atom. The zero-order chi connectivity index (χ0) is 13.5. The Bertz CT molecular complexity index is 638. The van der Waals surface area contributed by atoms with Gasteiger partial charge in [-0.25, -0.2) is 9.59 Å². The maximum Gasteiger partial charge on any atom is 0.329 e. The van der Waals surface area contributed by atoms with Gasteiger partial charge in [-0.15, -0.1) is 0 Å². The molecular formula is C10H11N3O5. The van der Waals surface area contributed by atoms with Crippen LogP contribution in [0.3, 0.4) is 0 Å². The highest BCUT2D eigenvalue weighted by molar-refractivity contribution is 5.98. The van der Waals surface area contributed by atoms with Crippen LogP contribution in [0, 0.1) is 0 Å². The summed E-state index contributed by atoms with van der Waals surface area (Å²) in [6.07, 6.45) is 1.65. The van der Waals surface area contributed by atoms with Crippen molar-refractivity contribution < 1.29 is 14.7 Å². The maximum absolute atomic E-state index is 11.8. The van der Waals surface area contributed by atoms with Crippen LogP contribution in [-0.2, 0) is 11.8 Å². The number of aromatic nitrogens is 2. The summed E-state index contributed by atoms with van der Waals surface area (Å²) in [6, 6.07) is 0. The predicted octanol–water partition coefficient (Wildman–Crippen LogP) is -1.58. The van der Waals surface area contributed by atoms with Crippen LogP contribution in [0.15, 0.2) is 15.8 Å². The smallest absolute Gasteiger partial charge is 0.329 e. The number of carboxylic acids is 1. The van der Waals surface area contributed by atoms with Gasteiger partial charge in [0.1, 0.15) is 11.1 Å². The average Bonchev–Trinajstić information content (AvgIpc) is 3.07. The molecule has 1 heterocycles. The molecule has 0 unspecified atom stereocenters. The van der Waals surface area contributed by atoms with E-state index >= 15 is 0 Å². The second-order valence-corrected chi connectivity index (χ2v) is 4.21. The van der Waals surface area contributed by atoms with E-state index in [0.29, 0.717) is 12.8 Å². The lowest BCUT2D eigenvalue weighted by Gasteiger charge is -2.11. The zero-order valence-electron chi connectivity index (χ0n) is 9.52. The molecule has 1 saturated carbocycles. The van der Waals surface area contributed by atoms with Crippen LogP contribution in [0.4, 0.5) is 0 Å². The van der Waals surface area contributed by atoms with E-state index < -0.39 is 28.7 Å². The first kappa shape index (κ1) is 12.1. The average molecular weight is 253 g/mol. The van der Waals surface area contributed by atoms with E-state index in [9.17, 15) is 19.2 Å². The third kappa shape index (κ3) is 1.81. The predicted molar refractivity (Wildman–Crippen MR) is 59.4 cm³/mol.